The molecule has 0 amide bonds. The molecule has 0 aromatic rings. The predicted octanol–water partition coefficient (Wildman–Crippen LogP) is 1.90. The van der Waals surface area contributed by atoms with E-state index < -0.39 is 8.56 Å². The Bertz CT molecular complexity index is 239. The Morgan fingerprint density at radius 3 is 2.47 bits per heavy atom. The monoisotopic (exact) mass is 290 g/mol. The van der Waals surface area contributed by atoms with E-state index in [4.69, 9.17) is 18.3 Å². The second kappa shape index (κ2) is 9.60. The van der Waals surface area contributed by atoms with Gasteiger partial charge >= 0.3 is 8.56 Å². The summed E-state index contributed by atoms with van der Waals surface area (Å²) in [4.78, 5) is 10.6. The smallest absolute Gasteiger partial charge is 0.338 e. The van der Waals surface area contributed by atoms with Crippen LogP contribution in [0.2, 0.25) is 12.1 Å². The highest BCUT2D eigenvalue weighted by Crippen LogP contribution is 2.23. The van der Waals surface area contributed by atoms with E-state index in [1.165, 1.54) is 0 Å². The van der Waals surface area contributed by atoms with Crippen LogP contribution in [0.15, 0.2) is 0 Å². The maximum atomic E-state index is 10.6. The fourth-order valence-corrected chi connectivity index (χ4v) is 5.29. The molecule has 1 aliphatic rings. The van der Waals surface area contributed by atoms with Crippen LogP contribution in [-0.2, 0) is 23.1 Å². The van der Waals surface area contributed by atoms with Crippen molar-refractivity contribution >= 4 is 14.8 Å². The van der Waals surface area contributed by atoms with Gasteiger partial charge in [0.25, 0.3) is 0 Å². The fourth-order valence-electron chi connectivity index (χ4n) is 2.08. The predicted molar refractivity (Wildman–Crippen MR) is 74.5 cm³/mol. The highest BCUT2D eigenvalue weighted by molar-refractivity contribution is 6.67. The number of carbonyl (C=O) groups excluding carboxylic acids is 1. The van der Waals surface area contributed by atoms with Crippen molar-refractivity contribution in [2.24, 2.45) is 0 Å². The van der Waals surface area contributed by atoms with Crippen molar-refractivity contribution < 1.29 is 23.1 Å². The summed E-state index contributed by atoms with van der Waals surface area (Å²) < 4.78 is 22.4. The van der Waals surface area contributed by atoms with Gasteiger partial charge < -0.3 is 23.1 Å². The minimum absolute atomic E-state index is 0.316. The van der Waals surface area contributed by atoms with E-state index in [0.717, 1.165) is 31.4 Å². The highest BCUT2D eigenvalue weighted by Gasteiger charge is 2.36. The molecule has 112 valence electrons. The van der Waals surface area contributed by atoms with E-state index >= 15 is 0 Å². The van der Waals surface area contributed by atoms with Gasteiger partial charge in [0.2, 0.25) is 0 Å². The number of hydrogen-bond donors (Lipinski definition) is 0. The number of ether oxygens (including phenoxy) is 2. The van der Waals surface area contributed by atoms with Gasteiger partial charge in [-0.15, -0.1) is 0 Å². The normalized spacial score (nSPS) is 18.5. The van der Waals surface area contributed by atoms with Crippen molar-refractivity contribution in [3.8, 4) is 0 Å². The lowest BCUT2D eigenvalue weighted by Gasteiger charge is -2.29. The van der Waals surface area contributed by atoms with Gasteiger partial charge in [0, 0.05) is 26.2 Å². The maximum Gasteiger partial charge on any atom is 0.338 e. The van der Waals surface area contributed by atoms with Crippen LogP contribution < -0.4 is 0 Å². The molecule has 1 saturated heterocycles. The quantitative estimate of drug-likeness (QED) is 0.224. The lowest BCUT2D eigenvalue weighted by Crippen LogP contribution is -2.42. The van der Waals surface area contributed by atoms with E-state index in [9.17, 15) is 4.79 Å². The number of hydrogen-bond acceptors (Lipinski definition) is 5. The molecular formula is C13H26O5Si. The summed E-state index contributed by atoms with van der Waals surface area (Å²) in [5, 5.41) is 0. The Kier molecular flexibility index (Phi) is 8.48. The summed E-state index contributed by atoms with van der Waals surface area (Å²) in [6.45, 7) is 7.45. The van der Waals surface area contributed by atoms with Crippen molar-refractivity contribution in [1.29, 1.82) is 0 Å². The second-order valence-corrected chi connectivity index (χ2v) is 8.01. The van der Waals surface area contributed by atoms with Gasteiger partial charge in [0.15, 0.2) is 0 Å². The van der Waals surface area contributed by atoms with Gasteiger partial charge in [-0.2, -0.15) is 0 Å². The van der Waals surface area contributed by atoms with Gasteiger partial charge in [-0.1, -0.05) is 0 Å². The van der Waals surface area contributed by atoms with E-state index in [2.05, 4.69) is 0 Å². The first kappa shape index (κ1) is 16.8. The molecule has 0 saturated carbocycles. The molecule has 6 heteroatoms. The molecule has 0 N–H and O–H groups in total. The van der Waals surface area contributed by atoms with Crippen molar-refractivity contribution in [1.82, 2.24) is 0 Å². The number of rotatable bonds is 13. The minimum Gasteiger partial charge on any atom is -0.394 e. The van der Waals surface area contributed by atoms with Crippen molar-refractivity contribution in [2.45, 2.75) is 44.9 Å². The first-order chi connectivity index (χ1) is 9.26. The molecule has 0 aromatic heterocycles. The average Bonchev–Trinajstić information content (AvgIpc) is 3.21. The van der Waals surface area contributed by atoms with Gasteiger partial charge in [0.05, 0.1) is 13.2 Å². The molecule has 1 rings (SSSR count). The number of carbonyl (C=O) groups is 1. The topological polar surface area (TPSA) is 57.3 Å². The van der Waals surface area contributed by atoms with Crippen LogP contribution in [0.1, 0.15) is 26.7 Å². The van der Waals surface area contributed by atoms with Crippen molar-refractivity contribution in [3.63, 3.8) is 0 Å². The Balaban J connectivity index is 2.28. The highest BCUT2D eigenvalue weighted by atomic mass is 28.4. The molecule has 0 bridgehead atoms. The number of aldehydes is 1. The molecule has 5 nitrogen and oxygen atoms in total. The molecular weight excluding hydrogens is 264 g/mol. The van der Waals surface area contributed by atoms with Crippen LogP contribution in [0.4, 0.5) is 0 Å². The Morgan fingerprint density at radius 2 is 1.95 bits per heavy atom. The summed E-state index contributed by atoms with van der Waals surface area (Å²) >= 11 is 0. The average molecular weight is 290 g/mol. The zero-order valence-electron chi connectivity index (χ0n) is 12.1. The van der Waals surface area contributed by atoms with Crippen LogP contribution in [0.25, 0.3) is 0 Å². The largest absolute Gasteiger partial charge is 0.394 e. The molecule has 1 atom stereocenters. The summed E-state index contributed by atoms with van der Waals surface area (Å²) in [6, 6.07) is 1.62. The molecule has 19 heavy (non-hydrogen) atoms. The third-order valence-corrected chi connectivity index (χ3v) is 6.81. The third-order valence-electron chi connectivity index (χ3n) is 3.01. The Morgan fingerprint density at radius 1 is 1.26 bits per heavy atom. The maximum absolute atomic E-state index is 10.6. The molecule has 0 aromatic carbocycles. The summed E-state index contributed by atoms with van der Waals surface area (Å²) in [5.41, 5.74) is 0. The lowest BCUT2D eigenvalue weighted by atomic mass is 10.5. The molecule has 0 radical (unpaired) electrons. The summed E-state index contributed by atoms with van der Waals surface area (Å²) in [5.74, 6) is 0. The van der Waals surface area contributed by atoms with Crippen LogP contribution in [0.5, 0.6) is 0 Å². The van der Waals surface area contributed by atoms with Gasteiger partial charge in [-0.25, -0.2) is 0 Å². The van der Waals surface area contributed by atoms with Crippen molar-refractivity contribution in [2.75, 3.05) is 33.0 Å². The Hall–Kier alpha value is -0.273. The van der Waals surface area contributed by atoms with Gasteiger partial charge in [0.1, 0.15) is 12.4 Å². The molecule has 0 aliphatic carbocycles. The zero-order valence-corrected chi connectivity index (χ0v) is 13.1. The molecule has 1 aliphatic heterocycles. The van der Waals surface area contributed by atoms with E-state index in [0.29, 0.717) is 39.0 Å². The van der Waals surface area contributed by atoms with Gasteiger partial charge in [-0.05, 0) is 32.4 Å². The fraction of sp³-hybridized carbons (Fsp3) is 0.923. The Labute approximate surface area is 116 Å². The first-order valence-corrected chi connectivity index (χ1v) is 9.40. The SMILES string of the molecule is CCO[Si](CCC=O)(CCCOCC1CO1)OCC. The summed E-state index contributed by atoms with van der Waals surface area (Å²) in [7, 11) is -2.22. The number of epoxide rings is 1. The second-order valence-electron chi connectivity index (χ2n) is 4.62. The summed E-state index contributed by atoms with van der Waals surface area (Å²) in [6.07, 6.45) is 2.69. The van der Waals surface area contributed by atoms with E-state index in [-0.39, 0.29) is 0 Å². The van der Waals surface area contributed by atoms with Crippen LogP contribution in [0, 0.1) is 0 Å². The van der Waals surface area contributed by atoms with Crippen LogP contribution >= 0.6 is 0 Å². The lowest BCUT2D eigenvalue weighted by molar-refractivity contribution is -0.107. The molecule has 1 heterocycles. The molecule has 1 unspecified atom stereocenters. The van der Waals surface area contributed by atoms with E-state index in [1.54, 1.807) is 0 Å². The van der Waals surface area contributed by atoms with E-state index in [1.807, 2.05) is 13.8 Å². The van der Waals surface area contributed by atoms with Crippen LogP contribution in [0.3, 0.4) is 0 Å². The minimum atomic E-state index is -2.22. The third kappa shape index (κ3) is 7.17. The molecule has 1 fully saturated rings. The molecule has 0 spiro atoms. The van der Waals surface area contributed by atoms with Crippen molar-refractivity contribution in [3.05, 3.63) is 0 Å². The standard InChI is InChI=1S/C13H26O5Si/c1-3-17-19(18-4-2,9-5-7-14)10-6-8-15-11-13-12-16-13/h7,13H,3-6,8-12H2,1-2H3. The first-order valence-electron chi connectivity index (χ1n) is 7.17. The van der Waals surface area contributed by atoms with Crippen LogP contribution in [-0.4, -0.2) is 54.0 Å². The van der Waals surface area contributed by atoms with Gasteiger partial charge in [-0.3, -0.25) is 0 Å². The zero-order chi connectivity index (χ0) is 14.0.